The largest absolute Gasteiger partial charge is 0.494 e. The van der Waals surface area contributed by atoms with Gasteiger partial charge in [0.15, 0.2) is 0 Å². The molecule has 0 atom stereocenters. The molecule has 0 radical (unpaired) electrons. The van der Waals surface area contributed by atoms with E-state index in [1.54, 1.807) is 24.3 Å². The van der Waals surface area contributed by atoms with Crippen molar-refractivity contribution in [1.82, 2.24) is 9.55 Å². The van der Waals surface area contributed by atoms with Gasteiger partial charge in [-0.05, 0) is 11.1 Å². The summed E-state index contributed by atoms with van der Waals surface area (Å²) in [5.41, 5.74) is 0.272. The summed E-state index contributed by atoms with van der Waals surface area (Å²) in [5.74, 6) is -0.330. The van der Waals surface area contributed by atoms with Gasteiger partial charge in [0, 0.05) is 0 Å². The summed E-state index contributed by atoms with van der Waals surface area (Å²) in [6, 6.07) is 18.0. The van der Waals surface area contributed by atoms with Gasteiger partial charge in [-0.25, -0.2) is 4.79 Å². The summed E-state index contributed by atoms with van der Waals surface area (Å²) >= 11 is 0. The second kappa shape index (κ2) is 5.73. The van der Waals surface area contributed by atoms with Gasteiger partial charge in [-0.2, -0.15) is 0 Å². The number of H-pyrrole nitrogens is 1. The fraction of sp³-hybridized carbons (Fsp3) is 0.0588. The predicted molar refractivity (Wildman–Crippen MR) is 84.0 cm³/mol. The lowest BCUT2D eigenvalue weighted by Gasteiger charge is -2.11. The number of nitrogens with zero attached hydrogens (tertiary/aromatic N) is 1. The van der Waals surface area contributed by atoms with Crippen molar-refractivity contribution >= 4 is 0 Å². The SMILES string of the molecule is O=c1[nH]c(=O)n(Cc2ccccc2)c(O)c1-c1ccccc1. The van der Waals surface area contributed by atoms with Crippen molar-refractivity contribution in [1.29, 1.82) is 0 Å². The van der Waals surface area contributed by atoms with Crippen LogP contribution in [0.15, 0.2) is 70.3 Å². The van der Waals surface area contributed by atoms with E-state index in [4.69, 9.17) is 0 Å². The number of nitrogens with one attached hydrogen (secondary N) is 1. The summed E-state index contributed by atoms with van der Waals surface area (Å²) < 4.78 is 1.15. The molecule has 1 aromatic heterocycles. The third-order valence-corrected chi connectivity index (χ3v) is 3.42. The lowest BCUT2D eigenvalue weighted by atomic mass is 10.1. The van der Waals surface area contributed by atoms with Crippen LogP contribution in [-0.4, -0.2) is 14.7 Å². The van der Waals surface area contributed by atoms with Crippen molar-refractivity contribution in [3.8, 4) is 17.0 Å². The highest BCUT2D eigenvalue weighted by Gasteiger charge is 2.15. The van der Waals surface area contributed by atoms with Gasteiger partial charge in [-0.1, -0.05) is 60.7 Å². The number of benzene rings is 2. The number of aromatic hydroxyl groups is 1. The third-order valence-electron chi connectivity index (χ3n) is 3.42. The zero-order chi connectivity index (χ0) is 15.5. The third kappa shape index (κ3) is 2.56. The van der Waals surface area contributed by atoms with Gasteiger partial charge < -0.3 is 5.11 Å². The van der Waals surface area contributed by atoms with Crippen molar-refractivity contribution in [2.75, 3.05) is 0 Å². The minimum atomic E-state index is -0.633. The molecule has 0 bridgehead atoms. The van der Waals surface area contributed by atoms with Gasteiger partial charge in [0.1, 0.15) is 5.56 Å². The van der Waals surface area contributed by atoms with Crippen molar-refractivity contribution in [2.24, 2.45) is 0 Å². The lowest BCUT2D eigenvalue weighted by molar-refractivity contribution is 0.412. The van der Waals surface area contributed by atoms with Gasteiger partial charge in [-0.3, -0.25) is 14.3 Å². The Hall–Kier alpha value is -3.08. The van der Waals surface area contributed by atoms with E-state index in [1.807, 2.05) is 36.4 Å². The minimum absolute atomic E-state index is 0.0936. The molecule has 0 unspecified atom stereocenters. The molecule has 22 heavy (non-hydrogen) atoms. The molecule has 110 valence electrons. The maximum absolute atomic E-state index is 12.0. The number of rotatable bonds is 3. The molecule has 2 aromatic carbocycles. The molecule has 1 heterocycles. The molecule has 5 heteroatoms. The monoisotopic (exact) mass is 294 g/mol. The van der Waals surface area contributed by atoms with Crippen LogP contribution in [-0.2, 0) is 6.54 Å². The first kappa shape index (κ1) is 13.9. The van der Waals surface area contributed by atoms with Gasteiger partial charge in [0.25, 0.3) is 5.56 Å². The van der Waals surface area contributed by atoms with E-state index in [9.17, 15) is 14.7 Å². The van der Waals surface area contributed by atoms with Crippen LogP contribution in [0, 0.1) is 0 Å². The van der Waals surface area contributed by atoms with Gasteiger partial charge in [0.05, 0.1) is 6.54 Å². The Balaban J connectivity index is 2.16. The Kier molecular flexibility index (Phi) is 3.62. The Morgan fingerprint density at radius 1 is 0.909 bits per heavy atom. The maximum atomic E-state index is 12.0. The number of aromatic amines is 1. The number of hydrogen-bond acceptors (Lipinski definition) is 3. The first-order valence-corrected chi connectivity index (χ1v) is 6.82. The fourth-order valence-electron chi connectivity index (χ4n) is 2.34. The van der Waals surface area contributed by atoms with Crippen LogP contribution >= 0.6 is 0 Å². The summed E-state index contributed by atoms with van der Waals surface area (Å²) in [6.07, 6.45) is 0. The van der Waals surface area contributed by atoms with E-state index in [0.29, 0.717) is 5.56 Å². The van der Waals surface area contributed by atoms with Gasteiger partial charge in [-0.15, -0.1) is 0 Å². The highest BCUT2D eigenvalue weighted by Crippen LogP contribution is 2.23. The maximum Gasteiger partial charge on any atom is 0.331 e. The van der Waals surface area contributed by atoms with Crippen molar-refractivity contribution in [3.63, 3.8) is 0 Å². The zero-order valence-electron chi connectivity index (χ0n) is 11.7. The summed E-state index contributed by atoms with van der Waals surface area (Å²) in [5, 5.41) is 10.4. The van der Waals surface area contributed by atoms with Crippen LogP contribution in [0.25, 0.3) is 11.1 Å². The molecule has 0 saturated carbocycles. The van der Waals surface area contributed by atoms with Crippen LogP contribution in [0.3, 0.4) is 0 Å². The average molecular weight is 294 g/mol. The molecule has 0 amide bonds. The Morgan fingerprint density at radius 3 is 2.14 bits per heavy atom. The lowest BCUT2D eigenvalue weighted by Crippen LogP contribution is -2.31. The second-order valence-electron chi connectivity index (χ2n) is 4.90. The van der Waals surface area contributed by atoms with Gasteiger partial charge >= 0.3 is 5.69 Å². The molecule has 0 spiro atoms. The topological polar surface area (TPSA) is 75.1 Å². The van der Waals surface area contributed by atoms with Crippen LogP contribution in [0.2, 0.25) is 0 Å². The molecule has 0 fully saturated rings. The normalized spacial score (nSPS) is 10.5. The smallest absolute Gasteiger partial charge is 0.331 e. The Labute approximate surface area is 126 Å². The summed E-state index contributed by atoms with van der Waals surface area (Å²) in [4.78, 5) is 26.3. The molecule has 3 rings (SSSR count). The highest BCUT2D eigenvalue weighted by molar-refractivity contribution is 5.67. The highest BCUT2D eigenvalue weighted by atomic mass is 16.3. The molecule has 0 saturated heterocycles. The molecule has 2 N–H and O–H groups in total. The molecule has 5 nitrogen and oxygen atoms in total. The molecule has 0 aliphatic rings. The summed E-state index contributed by atoms with van der Waals surface area (Å²) in [6.45, 7) is 0.183. The Morgan fingerprint density at radius 2 is 1.50 bits per heavy atom. The van der Waals surface area contributed by atoms with Crippen LogP contribution < -0.4 is 11.2 Å². The van der Waals surface area contributed by atoms with Crippen molar-refractivity contribution in [3.05, 3.63) is 87.1 Å². The second-order valence-corrected chi connectivity index (χ2v) is 4.90. The van der Waals surface area contributed by atoms with E-state index in [-0.39, 0.29) is 18.0 Å². The predicted octanol–water partition coefficient (Wildman–Crippen LogP) is 1.96. The van der Waals surface area contributed by atoms with Crippen LogP contribution in [0.5, 0.6) is 5.88 Å². The fourth-order valence-corrected chi connectivity index (χ4v) is 2.34. The van der Waals surface area contributed by atoms with Crippen LogP contribution in [0.1, 0.15) is 5.56 Å². The van der Waals surface area contributed by atoms with E-state index in [1.165, 1.54) is 0 Å². The van der Waals surface area contributed by atoms with E-state index in [2.05, 4.69) is 4.98 Å². The molecule has 0 aliphatic carbocycles. The molecule has 3 aromatic rings. The number of hydrogen-bond donors (Lipinski definition) is 2. The molecular formula is C17H14N2O3. The van der Waals surface area contributed by atoms with Gasteiger partial charge in [0.2, 0.25) is 5.88 Å². The first-order valence-electron chi connectivity index (χ1n) is 6.82. The average Bonchev–Trinajstić information content (AvgIpc) is 2.53. The van der Waals surface area contributed by atoms with Crippen molar-refractivity contribution < 1.29 is 5.11 Å². The molecule has 0 aliphatic heterocycles. The number of aromatic nitrogens is 2. The Bertz CT molecular complexity index is 897. The first-order chi connectivity index (χ1) is 10.7. The van der Waals surface area contributed by atoms with E-state index < -0.39 is 11.2 Å². The van der Waals surface area contributed by atoms with E-state index in [0.717, 1.165) is 10.1 Å². The van der Waals surface area contributed by atoms with Crippen molar-refractivity contribution in [2.45, 2.75) is 6.54 Å². The quantitative estimate of drug-likeness (QED) is 0.775. The standard InChI is InChI=1S/C17H14N2O3/c20-15-14(13-9-5-2-6-10-13)16(21)19(17(22)18-15)11-12-7-3-1-4-8-12/h1-10,21H,11H2,(H,18,20,22). The van der Waals surface area contributed by atoms with Crippen LogP contribution in [0.4, 0.5) is 0 Å². The molecular weight excluding hydrogens is 280 g/mol. The summed E-state index contributed by atoms with van der Waals surface area (Å²) in [7, 11) is 0. The zero-order valence-corrected chi connectivity index (χ0v) is 11.7. The minimum Gasteiger partial charge on any atom is -0.494 e. The van der Waals surface area contributed by atoms with E-state index >= 15 is 0 Å².